The summed E-state index contributed by atoms with van der Waals surface area (Å²) in [4.78, 5) is 29.4. The zero-order chi connectivity index (χ0) is 18.8. The summed E-state index contributed by atoms with van der Waals surface area (Å²) in [6.07, 6.45) is 4.53. The first-order valence-electron chi connectivity index (χ1n) is 9.41. The molecule has 26 heavy (non-hydrogen) atoms. The third-order valence-corrected chi connectivity index (χ3v) is 6.01. The fourth-order valence-electron chi connectivity index (χ4n) is 4.08. The van der Waals surface area contributed by atoms with E-state index in [0.29, 0.717) is 29.0 Å². The van der Waals surface area contributed by atoms with Crippen LogP contribution >= 0.6 is 11.6 Å². The fourth-order valence-corrected chi connectivity index (χ4v) is 4.23. The minimum absolute atomic E-state index is 0.0339. The molecule has 3 rings (SSSR count). The minimum Gasteiger partial charge on any atom is -0.495 e. The number of rotatable bonds is 4. The average molecular weight is 379 g/mol. The van der Waals surface area contributed by atoms with Crippen LogP contribution in [-0.4, -0.2) is 43.0 Å². The van der Waals surface area contributed by atoms with Gasteiger partial charge in [-0.15, -0.1) is 0 Å². The van der Waals surface area contributed by atoms with Crippen LogP contribution in [0, 0.1) is 12.8 Å². The lowest BCUT2D eigenvalue weighted by Crippen LogP contribution is -2.46. The lowest BCUT2D eigenvalue weighted by Gasteiger charge is -2.36. The van der Waals surface area contributed by atoms with Gasteiger partial charge in [0.25, 0.3) is 0 Å². The van der Waals surface area contributed by atoms with Crippen molar-refractivity contribution in [3.8, 4) is 5.75 Å². The zero-order valence-corrected chi connectivity index (χ0v) is 16.5. The topological polar surface area (TPSA) is 49.9 Å². The lowest BCUT2D eigenvalue weighted by atomic mass is 9.97. The second-order valence-electron chi connectivity index (χ2n) is 7.27. The van der Waals surface area contributed by atoms with Gasteiger partial charge in [0.1, 0.15) is 5.75 Å². The first-order chi connectivity index (χ1) is 12.5. The molecule has 1 aromatic rings. The standard InChI is InChI=1S/C20H27ClN2O3/c1-4-15-7-5-6-8-22(15)20(25)14-10-19(24)23(12-14)17-9-13(2)16(21)11-18(17)26-3/h9,11,14-15H,4-8,10,12H2,1-3H3. The van der Waals surface area contributed by atoms with Gasteiger partial charge in [-0.05, 0) is 44.2 Å². The molecule has 2 saturated heterocycles. The van der Waals surface area contributed by atoms with Gasteiger partial charge in [-0.1, -0.05) is 18.5 Å². The van der Waals surface area contributed by atoms with Crippen LogP contribution in [0.5, 0.6) is 5.75 Å². The van der Waals surface area contributed by atoms with E-state index < -0.39 is 0 Å². The summed E-state index contributed by atoms with van der Waals surface area (Å²) in [6.45, 7) is 5.24. The fraction of sp³-hybridized carbons (Fsp3) is 0.600. The van der Waals surface area contributed by atoms with Crippen molar-refractivity contribution in [3.05, 3.63) is 22.7 Å². The smallest absolute Gasteiger partial charge is 0.228 e. The van der Waals surface area contributed by atoms with Gasteiger partial charge in [-0.2, -0.15) is 0 Å². The van der Waals surface area contributed by atoms with Gasteiger partial charge in [0.15, 0.2) is 0 Å². The quantitative estimate of drug-likeness (QED) is 0.800. The molecule has 5 nitrogen and oxygen atoms in total. The largest absolute Gasteiger partial charge is 0.495 e. The van der Waals surface area contributed by atoms with Crippen LogP contribution in [0.3, 0.4) is 0 Å². The predicted octanol–water partition coefficient (Wildman–Crippen LogP) is 3.80. The number of piperidine rings is 1. The number of hydrogen-bond acceptors (Lipinski definition) is 3. The maximum Gasteiger partial charge on any atom is 0.228 e. The number of anilines is 1. The van der Waals surface area contributed by atoms with E-state index in [1.54, 1.807) is 18.1 Å². The van der Waals surface area contributed by atoms with Crippen LogP contribution in [0.1, 0.15) is 44.6 Å². The summed E-state index contributed by atoms with van der Waals surface area (Å²) in [5.74, 6) is 0.368. The molecule has 142 valence electrons. The number of benzene rings is 1. The van der Waals surface area contributed by atoms with E-state index in [2.05, 4.69) is 6.92 Å². The molecule has 0 aromatic heterocycles. The molecular formula is C20H27ClN2O3. The molecule has 6 heteroatoms. The Balaban J connectivity index is 1.81. The molecule has 2 heterocycles. The van der Waals surface area contributed by atoms with Crippen molar-refractivity contribution in [1.82, 2.24) is 4.90 Å². The second kappa shape index (κ2) is 7.87. The Morgan fingerprint density at radius 2 is 2.12 bits per heavy atom. The molecule has 0 radical (unpaired) electrons. The van der Waals surface area contributed by atoms with E-state index in [1.807, 2.05) is 17.9 Å². The molecule has 2 aliphatic heterocycles. The van der Waals surface area contributed by atoms with Crippen molar-refractivity contribution in [1.29, 1.82) is 0 Å². The molecule has 1 aromatic carbocycles. The van der Waals surface area contributed by atoms with Gasteiger partial charge in [0, 0.05) is 36.6 Å². The van der Waals surface area contributed by atoms with E-state index in [1.165, 1.54) is 6.42 Å². The number of likely N-dealkylation sites (tertiary alicyclic amines) is 1. The Hall–Kier alpha value is -1.75. The van der Waals surface area contributed by atoms with E-state index in [9.17, 15) is 9.59 Å². The van der Waals surface area contributed by atoms with Crippen LogP contribution < -0.4 is 9.64 Å². The highest BCUT2D eigenvalue weighted by Gasteiger charge is 2.40. The van der Waals surface area contributed by atoms with Crippen molar-refractivity contribution < 1.29 is 14.3 Å². The van der Waals surface area contributed by atoms with Crippen LogP contribution in [0.2, 0.25) is 5.02 Å². The third kappa shape index (κ3) is 3.54. The zero-order valence-electron chi connectivity index (χ0n) is 15.8. The Morgan fingerprint density at radius 1 is 1.35 bits per heavy atom. The van der Waals surface area contributed by atoms with Crippen molar-refractivity contribution in [2.75, 3.05) is 25.1 Å². The molecule has 2 fully saturated rings. The van der Waals surface area contributed by atoms with Gasteiger partial charge in [0.05, 0.1) is 18.7 Å². The van der Waals surface area contributed by atoms with Crippen molar-refractivity contribution in [2.24, 2.45) is 5.92 Å². The monoisotopic (exact) mass is 378 g/mol. The number of hydrogen-bond donors (Lipinski definition) is 0. The third-order valence-electron chi connectivity index (χ3n) is 5.61. The highest BCUT2D eigenvalue weighted by atomic mass is 35.5. The first kappa shape index (κ1) is 19.0. The number of ether oxygens (including phenoxy) is 1. The minimum atomic E-state index is -0.282. The predicted molar refractivity (Wildman–Crippen MR) is 103 cm³/mol. The normalized spacial score (nSPS) is 23.5. The number of aryl methyl sites for hydroxylation is 1. The maximum atomic E-state index is 13.1. The lowest BCUT2D eigenvalue weighted by molar-refractivity contribution is -0.139. The summed E-state index contributed by atoms with van der Waals surface area (Å²) >= 11 is 6.18. The van der Waals surface area contributed by atoms with E-state index in [4.69, 9.17) is 16.3 Å². The first-order valence-corrected chi connectivity index (χ1v) is 9.79. The second-order valence-corrected chi connectivity index (χ2v) is 7.68. The molecule has 2 atom stereocenters. The number of halogens is 1. The van der Waals surface area contributed by atoms with Gasteiger partial charge in [-0.3, -0.25) is 9.59 Å². The summed E-state index contributed by atoms with van der Waals surface area (Å²) in [6, 6.07) is 3.90. The number of carbonyl (C=O) groups excluding carboxylic acids is 2. The highest BCUT2D eigenvalue weighted by molar-refractivity contribution is 6.31. The molecule has 2 amide bonds. The van der Waals surface area contributed by atoms with Crippen LogP contribution in [0.4, 0.5) is 5.69 Å². The van der Waals surface area contributed by atoms with Crippen LogP contribution in [0.15, 0.2) is 12.1 Å². The van der Waals surface area contributed by atoms with E-state index in [-0.39, 0.29) is 24.2 Å². The Bertz CT molecular complexity index is 707. The molecule has 2 unspecified atom stereocenters. The Labute approximate surface area is 160 Å². The van der Waals surface area contributed by atoms with Crippen molar-refractivity contribution in [2.45, 2.75) is 52.0 Å². The van der Waals surface area contributed by atoms with Gasteiger partial charge < -0.3 is 14.5 Å². The van der Waals surface area contributed by atoms with E-state index >= 15 is 0 Å². The number of methoxy groups -OCH3 is 1. The maximum absolute atomic E-state index is 13.1. The van der Waals surface area contributed by atoms with Gasteiger partial charge in [0.2, 0.25) is 11.8 Å². The number of carbonyl (C=O) groups is 2. The molecule has 0 spiro atoms. The molecule has 0 bridgehead atoms. The number of nitrogens with zero attached hydrogens (tertiary/aromatic N) is 2. The van der Waals surface area contributed by atoms with Crippen LogP contribution in [0.25, 0.3) is 0 Å². The van der Waals surface area contributed by atoms with Crippen LogP contribution in [-0.2, 0) is 9.59 Å². The Kier molecular flexibility index (Phi) is 5.76. The van der Waals surface area contributed by atoms with E-state index in [0.717, 1.165) is 31.4 Å². The molecule has 0 N–H and O–H groups in total. The molecule has 2 aliphatic rings. The number of amides is 2. The summed E-state index contributed by atoms with van der Waals surface area (Å²) in [5.41, 5.74) is 1.58. The van der Waals surface area contributed by atoms with Crippen molar-refractivity contribution in [3.63, 3.8) is 0 Å². The average Bonchev–Trinajstić information content (AvgIpc) is 3.04. The SMILES string of the molecule is CCC1CCCCN1C(=O)C1CC(=O)N(c2cc(C)c(Cl)cc2OC)C1. The summed E-state index contributed by atoms with van der Waals surface area (Å²) in [5, 5.41) is 0.601. The Morgan fingerprint density at radius 3 is 2.81 bits per heavy atom. The molecule has 0 aliphatic carbocycles. The highest BCUT2D eigenvalue weighted by Crippen LogP contribution is 2.37. The molecular weight excluding hydrogens is 352 g/mol. The van der Waals surface area contributed by atoms with Gasteiger partial charge >= 0.3 is 0 Å². The van der Waals surface area contributed by atoms with Crippen molar-refractivity contribution >= 4 is 29.1 Å². The summed E-state index contributed by atoms with van der Waals surface area (Å²) in [7, 11) is 1.56. The summed E-state index contributed by atoms with van der Waals surface area (Å²) < 4.78 is 5.41. The molecule has 0 saturated carbocycles. The van der Waals surface area contributed by atoms with Gasteiger partial charge in [-0.25, -0.2) is 0 Å².